The Morgan fingerprint density at radius 1 is 0.655 bits per heavy atom. The average molecular weight is 800 g/mol. The third kappa shape index (κ3) is 9.11. The lowest BCUT2D eigenvalue weighted by molar-refractivity contribution is -0.139. The SMILES string of the molecule is CC1(C)CCN(c2nc(NCc3ccccc3C(F)(F)F)c3cccnc3n2)CC1.N#CC1CN(c2nc(NCc3ccccc3C(F)(F)F)c3cccnc3n2)C1. The molecule has 11 nitrogen and oxygen atoms in total. The summed E-state index contributed by atoms with van der Waals surface area (Å²) in [6.45, 7) is 7.16. The van der Waals surface area contributed by atoms with E-state index in [-0.39, 0.29) is 35.5 Å². The van der Waals surface area contributed by atoms with E-state index in [2.05, 4.69) is 65.4 Å². The van der Waals surface area contributed by atoms with Gasteiger partial charge in [-0.05, 0) is 65.8 Å². The first kappa shape index (κ1) is 39.9. The summed E-state index contributed by atoms with van der Waals surface area (Å²) >= 11 is 0. The van der Waals surface area contributed by atoms with Crippen molar-refractivity contribution in [2.24, 2.45) is 11.3 Å². The van der Waals surface area contributed by atoms with E-state index < -0.39 is 23.5 Å². The highest BCUT2D eigenvalue weighted by Crippen LogP contribution is 2.35. The minimum absolute atomic E-state index is 0.00314. The van der Waals surface area contributed by atoms with Gasteiger partial charge in [0.1, 0.15) is 11.6 Å². The second kappa shape index (κ2) is 16.3. The Bertz CT molecular complexity index is 2430. The Balaban J connectivity index is 0.000000177. The summed E-state index contributed by atoms with van der Waals surface area (Å²) in [5, 5.41) is 16.3. The number of piperidine rings is 1. The molecule has 0 unspecified atom stereocenters. The fourth-order valence-electron chi connectivity index (χ4n) is 6.75. The normalized spacial score (nSPS) is 15.6. The lowest BCUT2D eigenvalue weighted by Crippen LogP contribution is -2.47. The van der Waals surface area contributed by atoms with Gasteiger partial charge in [-0.3, -0.25) is 0 Å². The largest absolute Gasteiger partial charge is 0.416 e. The summed E-state index contributed by atoms with van der Waals surface area (Å²) < 4.78 is 79.7. The zero-order valence-electron chi connectivity index (χ0n) is 31.6. The van der Waals surface area contributed by atoms with Gasteiger partial charge >= 0.3 is 12.4 Å². The van der Waals surface area contributed by atoms with Crippen LogP contribution in [0.4, 0.5) is 49.9 Å². The van der Waals surface area contributed by atoms with E-state index >= 15 is 0 Å². The van der Waals surface area contributed by atoms with Crippen LogP contribution in [-0.4, -0.2) is 56.1 Å². The molecule has 58 heavy (non-hydrogen) atoms. The molecule has 2 N–H and O–H groups in total. The summed E-state index contributed by atoms with van der Waals surface area (Å²) in [7, 11) is 0. The maximum atomic E-state index is 13.3. The summed E-state index contributed by atoms with van der Waals surface area (Å²) in [4.78, 5) is 30.7. The van der Waals surface area contributed by atoms with Gasteiger partial charge in [-0.25, -0.2) is 9.97 Å². The van der Waals surface area contributed by atoms with E-state index in [0.29, 0.717) is 58.7 Å². The molecule has 4 aromatic heterocycles. The van der Waals surface area contributed by atoms with Gasteiger partial charge in [-0.15, -0.1) is 0 Å². The van der Waals surface area contributed by atoms with Crippen LogP contribution in [-0.2, 0) is 25.4 Å². The van der Waals surface area contributed by atoms with Gasteiger partial charge in [0, 0.05) is 51.7 Å². The van der Waals surface area contributed by atoms with Gasteiger partial charge in [-0.2, -0.15) is 51.5 Å². The van der Waals surface area contributed by atoms with Crippen LogP contribution in [0.3, 0.4) is 0 Å². The number of aromatic nitrogens is 6. The number of benzene rings is 2. The second-order valence-electron chi connectivity index (χ2n) is 14.9. The van der Waals surface area contributed by atoms with Crippen LogP contribution in [0.5, 0.6) is 0 Å². The molecule has 0 bridgehead atoms. The summed E-state index contributed by atoms with van der Waals surface area (Å²) in [5.41, 5.74) is 0.223. The summed E-state index contributed by atoms with van der Waals surface area (Å²) in [5.74, 6) is 1.79. The molecule has 300 valence electrons. The van der Waals surface area contributed by atoms with E-state index in [1.807, 2.05) is 11.0 Å². The van der Waals surface area contributed by atoms with E-state index in [1.165, 1.54) is 24.3 Å². The molecule has 0 atom stereocenters. The standard InChI is InChI=1S/C22H24F3N5.C19H15F3N6/c1-21(2)9-12-30(13-10-21)20-28-18-16(7-5-11-26-18)19(29-20)27-14-15-6-3-4-8-17(15)22(23,24)25;20-19(21,22)15-6-2-1-4-13(15)9-25-17-14-5-3-7-24-16(14)26-18(27-17)28-10-12(8-23)11-28/h3-8,11H,9-10,12-14H2,1-2H3,(H,26,27,28,29);1-7,12H,9-11H2,(H,24,25,26,27). The Kier molecular flexibility index (Phi) is 11.2. The molecule has 6 aromatic rings. The van der Waals surface area contributed by atoms with Crippen molar-refractivity contribution in [3.05, 3.63) is 107 Å². The van der Waals surface area contributed by atoms with Crippen molar-refractivity contribution in [3.8, 4) is 6.07 Å². The number of nitriles is 1. The number of nitrogens with one attached hydrogen (secondary N) is 2. The quantitative estimate of drug-likeness (QED) is 0.143. The van der Waals surface area contributed by atoms with Crippen molar-refractivity contribution in [2.45, 2.75) is 52.1 Å². The second-order valence-corrected chi connectivity index (χ2v) is 14.9. The maximum absolute atomic E-state index is 13.3. The van der Waals surface area contributed by atoms with Crippen LogP contribution in [0.2, 0.25) is 0 Å². The summed E-state index contributed by atoms with van der Waals surface area (Å²) in [6.07, 6.45) is -3.53. The molecular formula is C41H39F6N11. The number of rotatable bonds is 8. The van der Waals surface area contributed by atoms with Crippen LogP contribution >= 0.6 is 0 Å². The van der Waals surface area contributed by atoms with Crippen molar-refractivity contribution in [1.29, 1.82) is 5.26 Å². The third-order valence-electron chi connectivity index (χ3n) is 10.2. The van der Waals surface area contributed by atoms with Crippen LogP contribution < -0.4 is 20.4 Å². The predicted octanol–water partition coefficient (Wildman–Crippen LogP) is 8.90. The predicted molar refractivity (Wildman–Crippen MR) is 209 cm³/mol. The highest BCUT2D eigenvalue weighted by molar-refractivity contribution is 5.88. The molecule has 2 aliphatic heterocycles. The molecule has 0 amide bonds. The molecule has 17 heteroatoms. The Morgan fingerprint density at radius 2 is 1.10 bits per heavy atom. The van der Waals surface area contributed by atoms with Gasteiger partial charge in [-0.1, -0.05) is 50.2 Å². The first-order valence-corrected chi connectivity index (χ1v) is 18.6. The number of anilines is 4. The van der Waals surface area contributed by atoms with Crippen LogP contribution in [0.15, 0.2) is 85.2 Å². The van der Waals surface area contributed by atoms with Gasteiger partial charge in [0.25, 0.3) is 0 Å². The van der Waals surface area contributed by atoms with Crippen molar-refractivity contribution in [1.82, 2.24) is 29.9 Å². The molecule has 6 heterocycles. The molecular weight excluding hydrogens is 761 g/mol. The van der Waals surface area contributed by atoms with Crippen LogP contribution in [0.1, 0.15) is 48.9 Å². The number of hydrogen-bond donors (Lipinski definition) is 2. The fourth-order valence-corrected chi connectivity index (χ4v) is 6.75. The first-order valence-electron chi connectivity index (χ1n) is 18.6. The highest BCUT2D eigenvalue weighted by atomic mass is 19.4. The van der Waals surface area contributed by atoms with E-state index in [1.54, 1.807) is 42.7 Å². The zero-order chi connectivity index (χ0) is 41.1. The van der Waals surface area contributed by atoms with Gasteiger partial charge in [0.2, 0.25) is 11.9 Å². The molecule has 2 aromatic carbocycles. The van der Waals surface area contributed by atoms with E-state index in [4.69, 9.17) is 5.26 Å². The monoisotopic (exact) mass is 799 g/mol. The molecule has 2 aliphatic rings. The van der Waals surface area contributed by atoms with Gasteiger partial charge in [0.05, 0.1) is 33.9 Å². The average Bonchev–Trinajstić information content (AvgIpc) is 3.18. The van der Waals surface area contributed by atoms with Crippen molar-refractivity contribution >= 4 is 45.6 Å². The number of fused-ring (bicyclic) bond motifs is 2. The van der Waals surface area contributed by atoms with E-state index in [9.17, 15) is 26.3 Å². The number of halogens is 6. The van der Waals surface area contributed by atoms with Gasteiger partial charge < -0.3 is 20.4 Å². The molecule has 2 saturated heterocycles. The molecule has 0 aliphatic carbocycles. The van der Waals surface area contributed by atoms with E-state index in [0.717, 1.165) is 38.1 Å². The van der Waals surface area contributed by atoms with Crippen LogP contribution in [0, 0.1) is 22.7 Å². The Labute approximate surface area is 330 Å². The first-order chi connectivity index (χ1) is 27.7. The number of pyridine rings is 2. The molecule has 0 spiro atoms. The Hall–Kier alpha value is -6.31. The van der Waals surface area contributed by atoms with Gasteiger partial charge in [0.15, 0.2) is 11.3 Å². The molecule has 2 fully saturated rings. The lowest BCUT2D eigenvalue weighted by atomic mass is 9.83. The Morgan fingerprint density at radius 3 is 1.55 bits per heavy atom. The molecule has 0 radical (unpaired) electrons. The number of nitrogens with zero attached hydrogens (tertiary/aromatic N) is 9. The van der Waals surface area contributed by atoms with Crippen molar-refractivity contribution in [2.75, 3.05) is 46.6 Å². The van der Waals surface area contributed by atoms with Crippen molar-refractivity contribution < 1.29 is 26.3 Å². The smallest absolute Gasteiger partial charge is 0.365 e. The minimum atomic E-state index is -4.43. The summed E-state index contributed by atoms with van der Waals surface area (Å²) in [6, 6.07) is 20.3. The van der Waals surface area contributed by atoms with Crippen LogP contribution in [0.25, 0.3) is 22.1 Å². The molecule has 8 rings (SSSR count). The molecule has 0 saturated carbocycles. The highest BCUT2D eigenvalue weighted by Gasteiger charge is 2.34. The fraction of sp³-hybridized carbons (Fsp3) is 0.341. The zero-order valence-corrected chi connectivity index (χ0v) is 31.6. The number of alkyl halides is 6. The third-order valence-corrected chi connectivity index (χ3v) is 10.2. The van der Waals surface area contributed by atoms with Crippen molar-refractivity contribution in [3.63, 3.8) is 0 Å². The maximum Gasteiger partial charge on any atom is 0.416 e. The topological polar surface area (TPSA) is 132 Å². The number of hydrogen-bond acceptors (Lipinski definition) is 11. The lowest BCUT2D eigenvalue weighted by Gasteiger charge is -2.37. The minimum Gasteiger partial charge on any atom is -0.365 e.